The number of carbonyl (C=O) groups is 2. The zero-order valence-electron chi connectivity index (χ0n) is 11.4. The van der Waals surface area contributed by atoms with Crippen molar-refractivity contribution in [1.29, 1.82) is 0 Å². The Bertz CT molecular complexity index is 679. The molecule has 0 aliphatic heterocycles. The maximum Gasteiger partial charge on any atom is 0.416 e. The molecular formula is C16H12F3NO2. The molecule has 0 radical (unpaired) electrons. The molecule has 0 aliphatic rings. The van der Waals surface area contributed by atoms with Crippen molar-refractivity contribution in [3.63, 3.8) is 0 Å². The molecule has 1 N–H and O–H groups in total. The molecule has 0 saturated carbocycles. The lowest BCUT2D eigenvalue weighted by molar-refractivity contribution is -0.137. The van der Waals surface area contributed by atoms with Crippen molar-refractivity contribution < 1.29 is 22.8 Å². The fraction of sp³-hybridized carbons (Fsp3) is 0.125. The van der Waals surface area contributed by atoms with E-state index in [4.69, 9.17) is 0 Å². The van der Waals surface area contributed by atoms with Crippen LogP contribution in [0.4, 0.5) is 13.2 Å². The molecule has 114 valence electrons. The number of halogens is 3. The van der Waals surface area contributed by atoms with Gasteiger partial charge in [0.15, 0.2) is 0 Å². The second-order valence-corrected chi connectivity index (χ2v) is 4.50. The summed E-state index contributed by atoms with van der Waals surface area (Å²) in [5, 5.41) is 2.41. The van der Waals surface area contributed by atoms with Gasteiger partial charge in [0, 0.05) is 5.56 Å². The standard InChI is InChI=1S/C16H12F3NO2/c17-16(18,19)12-7-5-11(6-8-12)13-3-1-2-4-14(13)15(22)20-9-10-21/h1-8,10H,9H2,(H,20,22). The highest BCUT2D eigenvalue weighted by molar-refractivity contribution is 6.01. The third kappa shape index (κ3) is 3.52. The Kier molecular flexibility index (Phi) is 4.60. The van der Waals surface area contributed by atoms with Crippen molar-refractivity contribution in [3.8, 4) is 11.1 Å². The number of aldehydes is 1. The van der Waals surface area contributed by atoms with Gasteiger partial charge in [0.05, 0.1) is 12.1 Å². The van der Waals surface area contributed by atoms with Gasteiger partial charge in [0.2, 0.25) is 0 Å². The Hall–Kier alpha value is -2.63. The quantitative estimate of drug-likeness (QED) is 0.881. The summed E-state index contributed by atoms with van der Waals surface area (Å²) in [5.74, 6) is -0.456. The van der Waals surface area contributed by atoms with Crippen molar-refractivity contribution in [1.82, 2.24) is 5.32 Å². The first-order valence-electron chi connectivity index (χ1n) is 6.42. The summed E-state index contributed by atoms with van der Waals surface area (Å²) >= 11 is 0. The van der Waals surface area contributed by atoms with E-state index in [0.29, 0.717) is 23.0 Å². The largest absolute Gasteiger partial charge is 0.416 e. The van der Waals surface area contributed by atoms with Crippen LogP contribution in [0.1, 0.15) is 15.9 Å². The lowest BCUT2D eigenvalue weighted by atomic mass is 9.98. The van der Waals surface area contributed by atoms with Crippen LogP contribution in [0.25, 0.3) is 11.1 Å². The molecule has 0 aromatic heterocycles. The number of alkyl halides is 3. The monoisotopic (exact) mass is 307 g/mol. The Balaban J connectivity index is 2.37. The number of hydrogen-bond donors (Lipinski definition) is 1. The van der Waals surface area contributed by atoms with Crippen LogP contribution in [0.2, 0.25) is 0 Å². The average molecular weight is 307 g/mol. The van der Waals surface area contributed by atoms with Gasteiger partial charge in [-0.3, -0.25) is 4.79 Å². The average Bonchev–Trinajstić information content (AvgIpc) is 2.52. The second kappa shape index (κ2) is 6.43. The number of hydrogen-bond acceptors (Lipinski definition) is 2. The number of rotatable bonds is 4. The highest BCUT2D eigenvalue weighted by Crippen LogP contribution is 2.31. The number of carbonyl (C=O) groups excluding carboxylic acids is 2. The smallest absolute Gasteiger partial charge is 0.345 e. The highest BCUT2D eigenvalue weighted by atomic mass is 19.4. The topological polar surface area (TPSA) is 46.2 Å². The van der Waals surface area contributed by atoms with E-state index < -0.39 is 17.6 Å². The molecule has 22 heavy (non-hydrogen) atoms. The van der Waals surface area contributed by atoms with Gasteiger partial charge in [-0.05, 0) is 29.3 Å². The Morgan fingerprint density at radius 2 is 1.68 bits per heavy atom. The number of amides is 1. The molecule has 0 aliphatic carbocycles. The van der Waals surface area contributed by atoms with Gasteiger partial charge in [-0.2, -0.15) is 13.2 Å². The fourth-order valence-corrected chi connectivity index (χ4v) is 2.00. The van der Waals surface area contributed by atoms with Crippen LogP contribution in [0.5, 0.6) is 0 Å². The Morgan fingerprint density at radius 1 is 1.05 bits per heavy atom. The SMILES string of the molecule is O=CCNC(=O)c1ccccc1-c1ccc(C(F)(F)F)cc1. The van der Waals surface area contributed by atoms with Gasteiger partial charge in [0.25, 0.3) is 5.91 Å². The molecule has 0 spiro atoms. The van der Waals surface area contributed by atoms with Crippen LogP contribution >= 0.6 is 0 Å². The Morgan fingerprint density at radius 3 is 2.27 bits per heavy atom. The molecule has 0 fully saturated rings. The summed E-state index contributed by atoms with van der Waals surface area (Å²) in [6.07, 6.45) is -3.85. The molecule has 0 bridgehead atoms. The summed E-state index contributed by atoms with van der Waals surface area (Å²) in [4.78, 5) is 22.3. The molecule has 2 aromatic carbocycles. The van der Waals surface area contributed by atoms with Crippen LogP contribution < -0.4 is 5.32 Å². The van der Waals surface area contributed by atoms with Crippen LogP contribution in [0, 0.1) is 0 Å². The molecule has 6 heteroatoms. The molecular weight excluding hydrogens is 295 g/mol. The van der Waals surface area contributed by atoms with Crippen LogP contribution in [-0.2, 0) is 11.0 Å². The van der Waals surface area contributed by atoms with Gasteiger partial charge in [-0.1, -0.05) is 30.3 Å². The normalized spacial score (nSPS) is 11.0. The van der Waals surface area contributed by atoms with E-state index in [1.165, 1.54) is 12.1 Å². The summed E-state index contributed by atoms with van der Waals surface area (Å²) in [6, 6.07) is 11.1. The predicted molar refractivity (Wildman–Crippen MR) is 75.3 cm³/mol. The molecule has 2 aromatic rings. The van der Waals surface area contributed by atoms with E-state index in [0.717, 1.165) is 12.1 Å². The van der Waals surface area contributed by atoms with Crippen LogP contribution in [0.3, 0.4) is 0 Å². The molecule has 0 unspecified atom stereocenters. The Labute approximate surface area is 124 Å². The molecule has 0 saturated heterocycles. The van der Waals surface area contributed by atoms with E-state index in [1.807, 2.05) is 0 Å². The third-order valence-corrected chi connectivity index (χ3v) is 3.04. The minimum Gasteiger partial charge on any atom is -0.345 e. The van der Waals surface area contributed by atoms with E-state index in [1.54, 1.807) is 24.3 Å². The lowest BCUT2D eigenvalue weighted by Gasteiger charge is -2.11. The van der Waals surface area contributed by atoms with Gasteiger partial charge >= 0.3 is 6.18 Å². The molecule has 3 nitrogen and oxygen atoms in total. The van der Waals surface area contributed by atoms with Crippen molar-refractivity contribution in [2.45, 2.75) is 6.18 Å². The zero-order chi connectivity index (χ0) is 16.2. The highest BCUT2D eigenvalue weighted by Gasteiger charge is 2.30. The van der Waals surface area contributed by atoms with Crippen molar-refractivity contribution >= 4 is 12.2 Å². The predicted octanol–water partition coefficient (Wildman–Crippen LogP) is 3.30. The van der Waals surface area contributed by atoms with E-state index in [9.17, 15) is 22.8 Å². The third-order valence-electron chi connectivity index (χ3n) is 3.04. The van der Waals surface area contributed by atoms with Crippen molar-refractivity contribution in [2.24, 2.45) is 0 Å². The minimum atomic E-state index is -4.40. The first kappa shape index (κ1) is 15.8. The van der Waals surface area contributed by atoms with Gasteiger partial charge in [-0.15, -0.1) is 0 Å². The van der Waals surface area contributed by atoms with Gasteiger partial charge in [0.1, 0.15) is 6.29 Å². The number of nitrogens with one attached hydrogen (secondary N) is 1. The first-order chi connectivity index (χ1) is 10.4. The number of benzene rings is 2. The summed E-state index contributed by atoms with van der Waals surface area (Å²) in [7, 11) is 0. The maximum absolute atomic E-state index is 12.6. The van der Waals surface area contributed by atoms with E-state index in [2.05, 4.69) is 5.32 Å². The summed E-state index contributed by atoms with van der Waals surface area (Å²) in [6.45, 7) is -0.125. The molecule has 0 heterocycles. The molecule has 0 atom stereocenters. The van der Waals surface area contributed by atoms with E-state index >= 15 is 0 Å². The van der Waals surface area contributed by atoms with Gasteiger partial charge in [-0.25, -0.2) is 0 Å². The van der Waals surface area contributed by atoms with Crippen LogP contribution in [-0.4, -0.2) is 18.7 Å². The summed E-state index contributed by atoms with van der Waals surface area (Å²) in [5.41, 5.74) is 0.535. The maximum atomic E-state index is 12.6. The first-order valence-corrected chi connectivity index (χ1v) is 6.42. The van der Waals surface area contributed by atoms with Crippen molar-refractivity contribution in [2.75, 3.05) is 6.54 Å². The summed E-state index contributed by atoms with van der Waals surface area (Å²) < 4.78 is 37.7. The minimum absolute atomic E-state index is 0.125. The van der Waals surface area contributed by atoms with Gasteiger partial charge < -0.3 is 10.1 Å². The molecule has 2 rings (SSSR count). The second-order valence-electron chi connectivity index (χ2n) is 4.50. The van der Waals surface area contributed by atoms with Crippen LogP contribution in [0.15, 0.2) is 48.5 Å². The fourth-order valence-electron chi connectivity index (χ4n) is 2.00. The molecule has 1 amide bonds. The zero-order valence-corrected chi connectivity index (χ0v) is 11.4. The lowest BCUT2D eigenvalue weighted by Crippen LogP contribution is -2.25. The van der Waals surface area contributed by atoms with Crippen molar-refractivity contribution in [3.05, 3.63) is 59.7 Å². The van der Waals surface area contributed by atoms with E-state index in [-0.39, 0.29) is 6.54 Å².